The Morgan fingerprint density at radius 3 is 3.00 bits per heavy atom. The standard InChI is InChI=1S/C12H13BrN4O3/c1-20-11-5-8(2-3-9(11)13)17-6-7(15-16-17)4-10(14)12(18)19/h2-3,5-6,10H,4,14H2,1H3,(H,18,19). The predicted molar refractivity (Wildman–Crippen MR) is 74.9 cm³/mol. The molecule has 1 aromatic carbocycles. The van der Waals surface area contributed by atoms with Crippen LogP contribution in [0.25, 0.3) is 5.69 Å². The first kappa shape index (κ1) is 14.5. The Balaban J connectivity index is 2.22. The number of hydrogen-bond donors (Lipinski definition) is 2. The van der Waals surface area contributed by atoms with Crippen LogP contribution in [0.2, 0.25) is 0 Å². The van der Waals surface area contributed by atoms with Crippen molar-refractivity contribution >= 4 is 21.9 Å². The molecule has 0 fully saturated rings. The van der Waals surface area contributed by atoms with Gasteiger partial charge in [-0.15, -0.1) is 5.10 Å². The fourth-order valence-corrected chi connectivity index (χ4v) is 2.03. The van der Waals surface area contributed by atoms with Gasteiger partial charge >= 0.3 is 5.97 Å². The summed E-state index contributed by atoms with van der Waals surface area (Å²) in [4.78, 5) is 10.7. The maximum absolute atomic E-state index is 10.7. The van der Waals surface area contributed by atoms with Gasteiger partial charge in [-0.05, 0) is 28.1 Å². The monoisotopic (exact) mass is 340 g/mol. The lowest BCUT2D eigenvalue weighted by Crippen LogP contribution is -2.32. The number of rotatable bonds is 5. The molecule has 7 nitrogen and oxygen atoms in total. The third-order valence-corrected chi connectivity index (χ3v) is 3.34. The van der Waals surface area contributed by atoms with E-state index in [-0.39, 0.29) is 6.42 Å². The van der Waals surface area contributed by atoms with Crippen molar-refractivity contribution in [3.05, 3.63) is 34.6 Å². The molecule has 0 saturated carbocycles. The van der Waals surface area contributed by atoms with Gasteiger partial charge in [0.25, 0.3) is 0 Å². The van der Waals surface area contributed by atoms with Gasteiger partial charge < -0.3 is 15.6 Å². The first-order valence-electron chi connectivity index (χ1n) is 5.75. The van der Waals surface area contributed by atoms with Crippen LogP contribution in [-0.2, 0) is 11.2 Å². The van der Waals surface area contributed by atoms with Gasteiger partial charge in [-0.2, -0.15) is 0 Å². The fraction of sp³-hybridized carbons (Fsp3) is 0.250. The van der Waals surface area contributed by atoms with Crippen molar-refractivity contribution in [1.82, 2.24) is 15.0 Å². The normalized spacial score (nSPS) is 12.2. The molecule has 0 bridgehead atoms. The van der Waals surface area contributed by atoms with E-state index in [4.69, 9.17) is 15.6 Å². The average Bonchev–Trinajstić information content (AvgIpc) is 2.87. The van der Waals surface area contributed by atoms with Crippen LogP contribution in [0.3, 0.4) is 0 Å². The molecule has 0 amide bonds. The number of hydrogen-bond acceptors (Lipinski definition) is 5. The van der Waals surface area contributed by atoms with Crippen molar-refractivity contribution in [2.24, 2.45) is 5.73 Å². The molecule has 0 aliphatic rings. The maximum atomic E-state index is 10.7. The Bertz CT molecular complexity index is 629. The molecule has 0 aliphatic carbocycles. The number of aliphatic carboxylic acids is 1. The topological polar surface area (TPSA) is 103 Å². The summed E-state index contributed by atoms with van der Waals surface area (Å²) in [6.45, 7) is 0. The van der Waals surface area contributed by atoms with Crippen LogP contribution < -0.4 is 10.5 Å². The quantitative estimate of drug-likeness (QED) is 0.841. The van der Waals surface area contributed by atoms with E-state index in [0.29, 0.717) is 11.4 Å². The minimum Gasteiger partial charge on any atom is -0.495 e. The maximum Gasteiger partial charge on any atom is 0.320 e. The van der Waals surface area contributed by atoms with Crippen LogP contribution in [-0.4, -0.2) is 39.2 Å². The van der Waals surface area contributed by atoms with Gasteiger partial charge in [0.15, 0.2) is 0 Å². The second-order valence-corrected chi connectivity index (χ2v) is 4.98. The summed E-state index contributed by atoms with van der Waals surface area (Å²) in [6.07, 6.45) is 1.77. The Morgan fingerprint density at radius 1 is 1.60 bits per heavy atom. The van der Waals surface area contributed by atoms with E-state index in [1.807, 2.05) is 12.1 Å². The highest BCUT2D eigenvalue weighted by Gasteiger charge is 2.15. The molecule has 1 atom stereocenters. The number of nitrogens with two attached hydrogens (primary N) is 1. The van der Waals surface area contributed by atoms with Crippen molar-refractivity contribution in [1.29, 1.82) is 0 Å². The zero-order valence-corrected chi connectivity index (χ0v) is 12.2. The SMILES string of the molecule is COc1cc(-n2cc(CC(N)C(=O)O)nn2)ccc1Br. The van der Waals surface area contributed by atoms with E-state index in [0.717, 1.165) is 10.2 Å². The average molecular weight is 341 g/mol. The lowest BCUT2D eigenvalue weighted by Gasteiger charge is -2.06. The highest BCUT2D eigenvalue weighted by molar-refractivity contribution is 9.10. The predicted octanol–water partition coefficient (Wildman–Crippen LogP) is 0.993. The summed E-state index contributed by atoms with van der Waals surface area (Å²) in [5, 5.41) is 16.6. The van der Waals surface area contributed by atoms with Gasteiger partial charge in [-0.25, -0.2) is 4.68 Å². The van der Waals surface area contributed by atoms with Gasteiger partial charge in [0.2, 0.25) is 0 Å². The number of carbonyl (C=O) groups is 1. The number of aromatic nitrogens is 3. The second kappa shape index (κ2) is 6.02. The van der Waals surface area contributed by atoms with Crippen LogP contribution >= 0.6 is 15.9 Å². The molecule has 106 valence electrons. The van der Waals surface area contributed by atoms with E-state index in [2.05, 4.69) is 26.2 Å². The highest BCUT2D eigenvalue weighted by atomic mass is 79.9. The molecule has 1 heterocycles. The summed E-state index contributed by atoms with van der Waals surface area (Å²) in [5.74, 6) is -0.397. The third kappa shape index (κ3) is 3.14. The molecular weight excluding hydrogens is 328 g/mol. The van der Waals surface area contributed by atoms with Crippen molar-refractivity contribution in [2.75, 3.05) is 7.11 Å². The molecule has 0 aliphatic heterocycles. The number of methoxy groups -OCH3 is 1. The number of nitrogens with zero attached hydrogens (tertiary/aromatic N) is 3. The van der Waals surface area contributed by atoms with Crippen molar-refractivity contribution in [3.63, 3.8) is 0 Å². The molecule has 2 aromatic rings. The number of halogens is 1. The third-order valence-electron chi connectivity index (χ3n) is 2.69. The smallest absolute Gasteiger partial charge is 0.320 e. The van der Waals surface area contributed by atoms with Crippen LogP contribution in [0.15, 0.2) is 28.9 Å². The molecule has 1 aromatic heterocycles. The number of carboxylic acids is 1. The first-order valence-corrected chi connectivity index (χ1v) is 6.54. The van der Waals surface area contributed by atoms with Gasteiger partial charge in [-0.1, -0.05) is 5.21 Å². The molecule has 20 heavy (non-hydrogen) atoms. The minimum absolute atomic E-state index is 0.128. The second-order valence-electron chi connectivity index (χ2n) is 4.12. The van der Waals surface area contributed by atoms with Gasteiger partial charge in [0, 0.05) is 12.5 Å². The van der Waals surface area contributed by atoms with E-state index >= 15 is 0 Å². The van der Waals surface area contributed by atoms with Crippen LogP contribution in [0.5, 0.6) is 5.75 Å². The van der Waals surface area contributed by atoms with Crippen molar-refractivity contribution in [3.8, 4) is 11.4 Å². The van der Waals surface area contributed by atoms with Crippen LogP contribution in [0, 0.1) is 0 Å². The lowest BCUT2D eigenvalue weighted by molar-refractivity contribution is -0.138. The van der Waals surface area contributed by atoms with Gasteiger partial charge in [0.05, 0.1) is 29.2 Å². The number of ether oxygens (including phenoxy) is 1. The van der Waals surface area contributed by atoms with Crippen molar-refractivity contribution in [2.45, 2.75) is 12.5 Å². The molecular formula is C12H13BrN4O3. The molecule has 0 saturated heterocycles. The Hall–Kier alpha value is -1.93. The zero-order chi connectivity index (χ0) is 14.7. The molecule has 8 heteroatoms. The first-order chi connectivity index (χ1) is 9.51. The van der Waals surface area contributed by atoms with Gasteiger partial charge in [-0.3, -0.25) is 4.79 Å². The molecule has 1 unspecified atom stereocenters. The van der Waals surface area contributed by atoms with Crippen LogP contribution in [0.4, 0.5) is 0 Å². The Morgan fingerprint density at radius 2 is 2.35 bits per heavy atom. The zero-order valence-electron chi connectivity index (χ0n) is 10.7. The summed E-state index contributed by atoms with van der Waals surface area (Å²) < 4.78 is 7.57. The Kier molecular flexibility index (Phi) is 4.35. The summed E-state index contributed by atoms with van der Waals surface area (Å²) in [6, 6.07) is 4.47. The molecule has 2 rings (SSSR count). The molecule has 0 spiro atoms. The Labute approximate surface area is 123 Å². The van der Waals surface area contributed by atoms with E-state index < -0.39 is 12.0 Å². The summed E-state index contributed by atoms with van der Waals surface area (Å²) in [5.41, 5.74) is 6.73. The summed E-state index contributed by atoms with van der Waals surface area (Å²) >= 11 is 3.36. The highest BCUT2D eigenvalue weighted by Crippen LogP contribution is 2.26. The van der Waals surface area contributed by atoms with E-state index in [1.54, 1.807) is 24.1 Å². The largest absolute Gasteiger partial charge is 0.495 e. The minimum atomic E-state index is -1.06. The fourth-order valence-electron chi connectivity index (χ4n) is 1.62. The number of benzene rings is 1. The van der Waals surface area contributed by atoms with E-state index in [9.17, 15) is 4.79 Å². The van der Waals surface area contributed by atoms with E-state index in [1.165, 1.54) is 0 Å². The van der Waals surface area contributed by atoms with Crippen LogP contribution in [0.1, 0.15) is 5.69 Å². The molecule has 0 radical (unpaired) electrons. The van der Waals surface area contributed by atoms with Gasteiger partial charge in [0.1, 0.15) is 11.8 Å². The molecule has 3 N–H and O–H groups in total. The summed E-state index contributed by atoms with van der Waals surface area (Å²) in [7, 11) is 1.57. The van der Waals surface area contributed by atoms with Crippen molar-refractivity contribution < 1.29 is 14.6 Å². The number of carboxylic acid groups (broad SMARTS) is 1. The lowest BCUT2D eigenvalue weighted by atomic mass is 10.2.